The van der Waals surface area contributed by atoms with Gasteiger partial charge < -0.3 is 10.1 Å². The first-order chi connectivity index (χ1) is 15.3. The molecule has 0 saturated carbocycles. The van der Waals surface area contributed by atoms with Gasteiger partial charge >= 0.3 is 0 Å². The van der Waals surface area contributed by atoms with Crippen LogP contribution < -0.4 is 10.1 Å². The van der Waals surface area contributed by atoms with Crippen LogP contribution in [0, 0.1) is 25.2 Å². The van der Waals surface area contributed by atoms with Crippen LogP contribution in [-0.2, 0) is 11.4 Å². The minimum absolute atomic E-state index is 0.0785. The first-order valence-electron chi connectivity index (χ1n) is 9.63. The zero-order valence-corrected chi connectivity index (χ0v) is 20.5. The van der Waals surface area contributed by atoms with Gasteiger partial charge in [-0.25, -0.2) is 0 Å². The van der Waals surface area contributed by atoms with Crippen molar-refractivity contribution in [3.63, 3.8) is 0 Å². The van der Waals surface area contributed by atoms with Crippen molar-refractivity contribution in [1.29, 1.82) is 5.26 Å². The molecule has 0 saturated heterocycles. The molecule has 0 aliphatic rings. The fraction of sp³-hybridized carbons (Fsp3) is 0.120. The topological polar surface area (TPSA) is 62.1 Å². The predicted octanol–water partition coefficient (Wildman–Crippen LogP) is 7.50. The van der Waals surface area contributed by atoms with Gasteiger partial charge in [0.05, 0.1) is 10.0 Å². The molecule has 0 bridgehead atoms. The molecule has 1 N–H and O–H groups in total. The molecule has 32 heavy (non-hydrogen) atoms. The van der Waals surface area contributed by atoms with Crippen molar-refractivity contribution < 1.29 is 9.53 Å². The van der Waals surface area contributed by atoms with Crippen molar-refractivity contribution in [3.8, 4) is 11.8 Å². The summed E-state index contributed by atoms with van der Waals surface area (Å²) >= 11 is 15.3. The summed E-state index contributed by atoms with van der Waals surface area (Å²) in [6.07, 6.45) is 1.49. The molecule has 7 heteroatoms. The zero-order valence-electron chi connectivity index (χ0n) is 17.4. The molecule has 1 amide bonds. The number of carbonyl (C=O) groups excluding carboxylic acids is 1. The second-order valence-electron chi connectivity index (χ2n) is 7.14. The summed E-state index contributed by atoms with van der Waals surface area (Å²) in [6, 6.07) is 18.2. The highest BCUT2D eigenvalue weighted by Gasteiger charge is 2.13. The highest BCUT2D eigenvalue weighted by molar-refractivity contribution is 9.10. The molecule has 0 aliphatic heterocycles. The Hall–Kier alpha value is -2.78. The average molecular weight is 530 g/mol. The Kier molecular flexibility index (Phi) is 7.98. The number of hydrogen-bond donors (Lipinski definition) is 1. The largest absolute Gasteiger partial charge is 0.488 e. The molecule has 0 radical (unpaired) electrons. The van der Waals surface area contributed by atoms with Gasteiger partial charge in [0.25, 0.3) is 5.91 Å². The molecule has 4 nitrogen and oxygen atoms in total. The number of nitrogens with zero attached hydrogens (tertiary/aromatic N) is 1. The van der Waals surface area contributed by atoms with E-state index in [0.717, 1.165) is 10.0 Å². The fourth-order valence-corrected chi connectivity index (χ4v) is 3.57. The first-order valence-corrected chi connectivity index (χ1v) is 11.2. The maximum atomic E-state index is 12.7. The van der Waals surface area contributed by atoms with Gasteiger partial charge in [-0.3, -0.25) is 4.79 Å². The molecule has 3 aromatic carbocycles. The summed E-state index contributed by atoms with van der Waals surface area (Å²) in [5.74, 6) is -0.00695. The van der Waals surface area contributed by atoms with Crippen LogP contribution in [0.5, 0.6) is 5.75 Å². The number of nitrogens with one attached hydrogen (secondary N) is 1. The zero-order chi connectivity index (χ0) is 23.3. The van der Waals surface area contributed by atoms with Crippen molar-refractivity contribution in [2.45, 2.75) is 20.5 Å². The highest BCUT2D eigenvalue weighted by atomic mass is 79.9. The van der Waals surface area contributed by atoms with Gasteiger partial charge in [-0.1, -0.05) is 57.3 Å². The number of rotatable bonds is 6. The van der Waals surface area contributed by atoms with Crippen LogP contribution in [0.15, 0.2) is 64.6 Å². The van der Waals surface area contributed by atoms with Crippen molar-refractivity contribution >= 4 is 56.8 Å². The molecule has 0 spiro atoms. The molecule has 3 aromatic rings. The first kappa shape index (κ1) is 23.9. The van der Waals surface area contributed by atoms with Gasteiger partial charge in [-0.05, 0) is 73.0 Å². The maximum Gasteiger partial charge on any atom is 0.266 e. The van der Waals surface area contributed by atoms with Crippen molar-refractivity contribution in [3.05, 3.63) is 96.9 Å². The van der Waals surface area contributed by atoms with E-state index in [0.29, 0.717) is 33.7 Å². The number of ether oxygens (including phenoxy) is 1. The van der Waals surface area contributed by atoms with Gasteiger partial charge in [-0.15, -0.1) is 0 Å². The van der Waals surface area contributed by atoms with Crippen molar-refractivity contribution in [2.75, 3.05) is 5.32 Å². The number of halogens is 3. The lowest BCUT2D eigenvalue weighted by Crippen LogP contribution is -2.13. The Morgan fingerprint density at radius 3 is 2.53 bits per heavy atom. The molecule has 0 heterocycles. The van der Waals surface area contributed by atoms with Crippen LogP contribution in [0.3, 0.4) is 0 Å². The number of benzene rings is 3. The van der Waals surface area contributed by atoms with Crippen molar-refractivity contribution in [1.82, 2.24) is 0 Å². The fourth-order valence-electron chi connectivity index (χ4n) is 2.89. The van der Waals surface area contributed by atoms with Gasteiger partial charge in [0.1, 0.15) is 24.0 Å². The number of nitriles is 1. The normalized spacial score (nSPS) is 11.1. The molecule has 0 unspecified atom stereocenters. The monoisotopic (exact) mass is 528 g/mol. The predicted molar refractivity (Wildman–Crippen MR) is 133 cm³/mol. The Balaban J connectivity index is 1.83. The Labute approximate surface area is 205 Å². The Bertz CT molecular complexity index is 1250. The molecule has 0 atom stereocenters. The number of carbonyl (C=O) groups is 1. The third-order valence-electron chi connectivity index (χ3n) is 4.78. The summed E-state index contributed by atoms with van der Waals surface area (Å²) < 4.78 is 6.80. The molecule has 0 aromatic heterocycles. The van der Waals surface area contributed by atoms with Gasteiger partial charge in [0, 0.05) is 15.7 Å². The lowest BCUT2D eigenvalue weighted by Gasteiger charge is -2.12. The van der Waals surface area contributed by atoms with Gasteiger partial charge in [-0.2, -0.15) is 5.26 Å². The smallest absolute Gasteiger partial charge is 0.266 e. The standard InChI is InChI=1S/C25H19BrCl2N2O2/c1-15-3-4-17(9-16(15)2)14-32-24-8-5-20(26)11-18(24)10-19(13-29)25(31)30-21-6-7-22(27)23(28)12-21/h3-12H,14H2,1-2H3,(H,30,31)/b19-10+. The summed E-state index contributed by atoms with van der Waals surface area (Å²) in [5.41, 5.74) is 4.39. The average Bonchev–Trinajstić information content (AvgIpc) is 2.76. The van der Waals surface area contributed by atoms with E-state index in [1.165, 1.54) is 23.3 Å². The minimum atomic E-state index is -0.564. The van der Waals surface area contributed by atoms with E-state index in [4.69, 9.17) is 27.9 Å². The Morgan fingerprint density at radius 1 is 1.06 bits per heavy atom. The van der Waals surface area contributed by atoms with E-state index in [9.17, 15) is 10.1 Å². The molecule has 0 fully saturated rings. The van der Waals surface area contributed by atoms with E-state index in [1.54, 1.807) is 24.3 Å². The second kappa shape index (κ2) is 10.7. The lowest BCUT2D eigenvalue weighted by molar-refractivity contribution is -0.112. The van der Waals surface area contributed by atoms with Crippen LogP contribution in [0.1, 0.15) is 22.3 Å². The van der Waals surface area contributed by atoms with E-state index >= 15 is 0 Å². The summed E-state index contributed by atoms with van der Waals surface area (Å²) in [5, 5.41) is 12.9. The van der Waals surface area contributed by atoms with E-state index in [-0.39, 0.29) is 5.57 Å². The van der Waals surface area contributed by atoms with Gasteiger partial charge in [0.2, 0.25) is 0 Å². The number of anilines is 1. The molecular formula is C25H19BrCl2N2O2. The van der Waals surface area contributed by atoms with Crippen LogP contribution in [0.4, 0.5) is 5.69 Å². The van der Waals surface area contributed by atoms with Crippen LogP contribution in [-0.4, -0.2) is 5.91 Å². The summed E-state index contributed by atoms with van der Waals surface area (Å²) in [6.45, 7) is 4.48. The summed E-state index contributed by atoms with van der Waals surface area (Å²) in [4.78, 5) is 12.7. The number of aryl methyl sites for hydroxylation is 2. The van der Waals surface area contributed by atoms with E-state index in [2.05, 4.69) is 47.2 Å². The lowest BCUT2D eigenvalue weighted by atomic mass is 10.1. The minimum Gasteiger partial charge on any atom is -0.488 e. The molecular weight excluding hydrogens is 511 g/mol. The molecule has 0 aliphatic carbocycles. The second-order valence-corrected chi connectivity index (χ2v) is 8.87. The highest BCUT2D eigenvalue weighted by Crippen LogP contribution is 2.28. The third-order valence-corrected chi connectivity index (χ3v) is 6.01. The molecule has 3 rings (SSSR count). The number of amides is 1. The Morgan fingerprint density at radius 2 is 1.84 bits per heavy atom. The van der Waals surface area contributed by atoms with Gasteiger partial charge in [0.15, 0.2) is 0 Å². The third kappa shape index (κ3) is 6.14. The van der Waals surface area contributed by atoms with Crippen LogP contribution >= 0.6 is 39.1 Å². The maximum absolute atomic E-state index is 12.7. The van der Waals surface area contributed by atoms with E-state index < -0.39 is 5.91 Å². The number of hydrogen-bond acceptors (Lipinski definition) is 3. The SMILES string of the molecule is Cc1ccc(COc2ccc(Br)cc2/C=C(\C#N)C(=O)Nc2ccc(Cl)c(Cl)c2)cc1C. The van der Waals surface area contributed by atoms with Crippen LogP contribution in [0.2, 0.25) is 10.0 Å². The van der Waals surface area contributed by atoms with Crippen molar-refractivity contribution in [2.24, 2.45) is 0 Å². The quantitative estimate of drug-likeness (QED) is 0.265. The summed E-state index contributed by atoms with van der Waals surface area (Å²) in [7, 11) is 0. The molecule has 162 valence electrons. The van der Waals surface area contributed by atoms with E-state index in [1.807, 2.05) is 18.2 Å². The van der Waals surface area contributed by atoms with Crippen LogP contribution in [0.25, 0.3) is 6.08 Å².